The number of ether oxygens (including phenoxy) is 1. The lowest BCUT2D eigenvalue weighted by Crippen LogP contribution is -2.49. The maximum Gasteiger partial charge on any atom is 0.329 e. The molecule has 1 N–H and O–H groups in total. The third-order valence-corrected chi connectivity index (χ3v) is 3.78. The van der Waals surface area contributed by atoms with Gasteiger partial charge in [-0.25, -0.2) is 4.79 Å². The van der Waals surface area contributed by atoms with Crippen molar-refractivity contribution in [3.05, 3.63) is 35.9 Å². The van der Waals surface area contributed by atoms with Crippen LogP contribution in [0, 0.1) is 5.92 Å². The SMILES string of the molecule is COC(=O)C(NC(=O)c1ccccc1)C1CCCCC1=O. The first kappa shape index (κ1) is 15.2. The number of methoxy groups -OCH3 is 1. The van der Waals surface area contributed by atoms with E-state index in [1.807, 2.05) is 0 Å². The van der Waals surface area contributed by atoms with Crippen LogP contribution in [0.25, 0.3) is 0 Å². The summed E-state index contributed by atoms with van der Waals surface area (Å²) >= 11 is 0. The third kappa shape index (κ3) is 3.68. The topological polar surface area (TPSA) is 72.5 Å². The molecule has 5 heteroatoms. The number of carbonyl (C=O) groups is 3. The number of carbonyl (C=O) groups excluding carboxylic acids is 3. The number of benzene rings is 1. The van der Waals surface area contributed by atoms with E-state index in [9.17, 15) is 14.4 Å². The highest BCUT2D eigenvalue weighted by molar-refractivity contribution is 5.98. The van der Waals surface area contributed by atoms with Crippen LogP contribution >= 0.6 is 0 Å². The summed E-state index contributed by atoms with van der Waals surface area (Å²) in [6, 6.07) is 7.70. The lowest BCUT2D eigenvalue weighted by molar-refractivity contribution is -0.147. The second-order valence-electron chi connectivity index (χ2n) is 5.16. The number of esters is 1. The molecule has 0 radical (unpaired) electrons. The van der Waals surface area contributed by atoms with Gasteiger partial charge in [0.2, 0.25) is 0 Å². The van der Waals surface area contributed by atoms with Crippen LogP contribution < -0.4 is 5.32 Å². The fourth-order valence-electron chi connectivity index (χ4n) is 2.63. The van der Waals surface area contributed by atoms with Crippen molar-refractivity contribution in [2.45, 2.75) is 31.7 Å². The summed E-state index contributed by atoms with van der Waals surface area (Å²) in [5.74, 6) is -1.41. The second kappa shape index (κ2) is 7.02. The summed E-state index contributed by atoms with van der Waals surface area (Å²) < 4.78 is 4.74. The molecule has 1 aliphatic rings. The van der Waals surface area contributed by atoms with E-state index in [2.05, 4.69) is 5.32 Å². The van der Waals surface area contributed by atoms with Gasteiger partial charge in [-0.05, 0) is 25.0 Å². The predicted octanol–water partition coefficient (Wildman–Crippen LogP) is 1.72. The maximum absolute atomic E-state index is 12.2. The van der Waals surface area contributed by atoms with Crippen molar-refractivity contribution in [1.82, 2.24) is 5.32 Å². The van der Waals surface area contributed by atoms with Crippen LogP contribution in [-0.2, 0) is 14.3 Å². The molecule has 1 aliphatic carbocycles. The van der Waals surface area contributed by atoms with E-state index in [0.29, 0.717) is 18.4 Å². The standard InChI is InChI=1S/C16H19NO4/c1-21-16(20)14(12-9-5-6-10-13(12)18)17-15(19)11-7-3-2-4-8-11/h2-4,7-8,12,14H,5-6,9-10H2,1H3,(H,17,19). The van der Waals surface area contributed by atoms with Crippen molar-refractivity contribution in [3.63, 3.8) is 0 Å². The summed E-state index contributed by atoms with van der Waals surface area (Å²) in [7, 11) is 1.26. The zero-order valence-corrected chi connectivity index (χ0v) is 12.0. The van der Waals surface area contributed by atoms with E-state index < -0.39 is 17.9 Å². The minimum atomic E-state index is -0.907. The summed E-state index contributed by atoms with van der Waals surface area (Å²) in [5.41, 5.74) is 0.453. The zero-order valence-electron chi connectivity index (χ0n) is 12.0. The Morgan fingerprint density at radius 3 is 2.57 bits per heavy atom. The average molecular weight is 289 g/mol. The van der Waals surface area contributed by atoms with Crippen molar-refractivity contribution >= 4 is 17.7 Å². The van der Waals surface area contributed by atoms with Gasteiger partial charge in [0.25, 0.3) is 5.91 Å². The quantitative estimate of drug-likeness (QED) is 0.857. The molecule has 0 aliphatic heterocycles. The lowest BCUT2D eigenvalue weighted by atomic mass is 9.82. The number of rotatable bonds is 4. The zero-order chi connectivity index (χ0) is 15.2. The Labute approximate surface area is 123 Å². The van der Waals surface area contributed by atoms with Gasteiger partial charge in [0.05, 0.1) is 7.11 Å². The normalized spacial score (nSPS) is 19.7. The molecule has 1 amide bonds. The van der Waals surface area contributed by atoms with Gasteiger partial charge in [0.1, 0.15) is 11.8 Å². The molecular weight excluding hydrogens is 270 g/mol. The Kier molecular flexibility index (Phi) is 5.09. The highest BCUT2D eigenvalue weighted by Crippen LogP contribution is 2.24. The number of ketones is 1. The Morgan fingerprint density at radius 2 is 1.95 bits per heavy atom. The van der Waals surface area contributed by atoms with E-state index in [-0.39, 0.29) is 11.7 Å². The predicted molar refractivity (Wildman–Crippen MR) is 76.7 cm³/mol. The smallest absolute Gasteiger partial charge is 0.329 e. The van der Waals surface area contributed by atoms with E-state index in [1.165, 1.54) is 7.11 Å². The third-order valence-electron chi connectivity index (χ3n) is 3.78. The van der Waals surface area contributed by atoms with Crippen LogP contribution in [0.15, 0.2) is 30.3 Å². The lowest BCUT2D eigenvalue weighted by Gasteiger charge is -2.27. The molecule has 1 fully saturated rings. The number of hydrogen-bond donors (Lipinski definition) is 1. The number of amides is 1. The Morgan fingerprint density at radius 1 is 1.24 bits per heavy atom. The van der Waals surface area contributed by atoms with Gasteiger partial charge in [0, 0.05) is 17.9 Å². The monoisotopic (exact) mass is 289 g/mol. The molecule has 1 aromatic rings. The molecule has 1 aromatic carbocycles. The van der Waals surface area contributed by atoms with E-state index in [1.54, 1.807) is 30.3 Å². The van der Waals surface area contributed by atoms with E-state index >= 15 is 0 Å². The summed E-state index contributed by atoms with van der Waals surface area (Å²) in [4.78, 5) is 36.1. The van der Waals surface area contributed by atoms with E-state index in [0.717, 1.165) is 12.8 Å². The van der Waals surface area contributed by atoms with Crippen molar-refractivity contribution in [1.29, 1.82) is 0 Å². The Balaban J connectivity index is 2.15. The van der Waals surface area contributed by atoms with Crippen LogP contribution in [0.4, 0.5) is 0 Å². The molecule has 21 heavy (non-hydrogen) atoms. The average Bonchev–Trinajstić information content (AvgIpc) is 2.53. The fraction of sp³-hybridized carbons (Fsp3) is 0.438. The van der Waals surface area contributed by atoms with E-state index in [4.69, 9.17) is 4.74 Å². The van der Waals surface area contributed by atoms with Gasteiger partial charge < -0.3 is 10.1 Å². The molecule has 1 saturated carbocycles. The number of hydrogen-bond acceptors (Lipinski definition) is 4. The van der Waals surface area contributed by atoms with Crippen LogP contribution in [0.1, 0.15) is 36.0 Å². The van der Waals surface area contributed by atoms with Gasteiger partial charge in [-0.3, -0.25) is 9.59 Å². The van der Waals surface area contributed by atoms with Gasteiger partial charge in [-0.2, -0.15) is 0 Å². The maximum atomic E-state index is 12.2. The Bertz CT molecular complexity index is 526. The van der Waals surface area contributed by atoms with Gasteiger partial charge in [-0.1, -0.05) is 24.6 Å². The molecule has 5 nitrogen and oxygen atoms in total. The van der Waals surface area contributed by atoms with Gasteiger partial charge >= 0.3 is 5.97 Å². The molecule has 2 atom stereocenters. The molecule has 112 valence electrons. The Hall–Kier alpha value is -2.17. The highest BCUT2D eigenvalue weighted by Gasteiger charge is 2.36. The molecule has 0 bridgehead atoms. The summed E-state index contributed by atoms with van der Waals surface area (Å²) in [6.07, 6.45) is 2.79. The van der Waals surface area contributed by atoms with Crippen LogP contribution in [-0.4, -0.2) is 30.8 Å². The molecule has 0 saturated heterocycles. The van der Waals surface area contributed by atoms with Crippen molar-refractivity contribution < 1.29 is 19.1 Å². The fourth-order valence-corrected chi connectivity index (χ4v) is 2.63. The van der Waals surface area contributed by atoms with Gasteiger partial charge in [-0.15, -0.1) is 0 Å². The molecule has 0 spiro atoms. The number of nitrogens with one attached hydrogen (secondary N) is 1. The van der Waals surface area contributed by atoms with Crippen molar-refractivity contribution in [3.8, 4) is 0 Å². The molecule has 0 aromatic heterocycles. The minimum Gasteiger partial charge on any atom is -0.467 e. The van der Waals surface area contributed by atoms with Crippen LogP contribution in [0.5, 0.6) is 0 Å². The first-order valence-electron chi connectivity index (χ1n) is 7.10. The van der Waals surface area contributed by atoms with Crippen molar-refractivity contribution in [2.75, 3.05) is 7.11 Å². The highest BCUT2D eigenvalue weighted by atomic mass is 16.5. The minimum absolute atomic E-state index is 0.0185. The number of Topliss-reactive ketones (excluding diaryl/α,β-unsaturated/α-hetero) is 1. The largest absolute Gasteiger partial charge is 0.467 e. The summed E-state index contributed by atoms with van der Waals surface area (Å²) in [5, 5.41) is 2.65. The summed E-state index contributed by atoms with van der Waals surface area (Å²) in [6.45, 7) is 0. The first-order chi connectivity index (χ1) is 10.1. The van der Waals surface area contributed by atoms with Gasteiger partial charge in [0.15, 0.2) is 0 Å². The molecular formula is C16H19NO4. The first-order valence-corrected chi connectivity index (χ1v) is 7.10. The van der Waals surface area contributed by atoms with Crippen LogP contribution in [0.2, 0.25) is 0 Å². The second-order valence-corrected chi connectivity index (χ2v) is 5.16. The molecule has 2 rings (SSSR count). The molecule has 0 heterocycles. The van der Waals surface area contributed by atoms with Crippen molar-refractivity contribution in [2.24, 2.45) is 5.92 Å². The molecule has 2 unspecified atom stereocenters. The van der Waals surface area contributed by atoms with Crippen LogP contribution in [0.3, 0.4) is 0 Å².